The number of aromatic amines is 1. The van der Waals surface area contributed by atoms with Gasteiger partial charge in [-0.2, -0.15) is 4.39 Å². The lowest BCUT2D eigenvalue weighted by atomic mass is 10.2. The molecule has 2 amide bonds. The third-order valence-corrected chi connectivity index (χ3v) is 2.19. The van der Waals surface area contributed by atoms with Gasteiger partial charge in [0.05, 0.1) is 6.20 Å². The molecule has 0 aliphatic carbocycles. The fourth-order valence-electron chi connectivity index (χ4n) is 1.33. The van der Waals surface area contributed by atoms with Gasteiger partial charge in [-0.15, -0.1) is 0 Å². The Morgan fingerprint density at radius 1 is 1.27 bits per heavy atom. The molecule has 0 bridgehead atoms. The van der Waals surface area contributed by atoms with Gasteiger partial charge in [0.1, 0.15) is 5.60 Å². The van der Waals surface area contributed by atoms with Crippen LogP contribution in [0, 0.1) is 5.82 Å². The van der Waals surface area contributed by atoms with Gasteiger partial charge in [0.25, 0.3) is 5.56 Å². The predicted octanol–water partition coefficient (Wildman–Crippen LogP) is -0.242. The zero-order valence-corrected chi connectivity index (χ0v) is 12.4. The van der Waals surface area contributed by atoms with Gasteiger partial charge in [-0.3, -0.25) is 9.78 Å². The molecule has 0 atom stereocenters. The molecule has 0 aliphatic heterocycles. The molecular formula is C12H17FN4O5. The molecule has 22 heavy (non-hydrogen) atoms. The summed E-state index contributed by atoms with van der Waals surface area (Å²) in [4.78, 5) is 46.7. The van der Waals surface area contributed by atoms with Crippen molar-refractivity contribution in [2.24, 2.45) is 0 Å². The van der Waals surface area contributed by atoms with Crippen molar-refractivity contribution in [3.05, 3.63) is 32.9 Å². The molecule has 1 aromatic rings. The molecule has 3 N–H and O–H groups in total. The number of amides is 2. The number of aromatic nitrogens is 2. The van der Waals surface area contributed by atoms with Gasteiger partial charge < -0.3 is 15.4 Å². The molecule has 0 aromatic carbocycles. The van der Waals surface area contributed by atoms with Gasteiger partial charge in [0.15, 0.2) is 0 Å². The van der Waals surface area contributed by atoms with Gasteiger partial charge in [-0.25, -0.2) is 19.0 Å². The second-order valence-corrected chi connectivity index (χ2v) is 5.27. The number of hydrogen-bond donors (Lipinski definition) is 3. The highest BCUT2D eigenvalue weighted by atomic mass is 19.1. The van der Waals surface area contributed by atoms with Crippen LogP contribution in [-0.2, 0) is 4.74 Å². The van der Waals surface area contributed by atoms with E-state index in [-0.39, 0.29) is 13.1 Å². The molecule has 10 heteroatoms. The summed E-state index contributed by atoms with van der Waals surface area (Å²) in [7, 11) is 0. The Kier molecular flexibility index (Phi) is 5.44. The SMILES string of the molecule is CC(C)(C)OC(=O)NCCNC(=O)n1cc(F)c(=O)[nH]c1=O. The first-order valence-corrected chi connectivity index (χ1v) is 6.36. The zero-order valence-electron chi connectivity index (χ0n) is 12.4. The van der Waals surface area contributed by atoms with Crippen LogP contribution in [-0.4, -0.2) is 40.4 Å². The lowest BCUT2D eigenvalue weighted by Crippen LogP contribution is -2.43. The van der Waals surface area contributed by atoms with Gasteiger partial charge in [0.2, 0.25) is 5.82 Å². The molecule has 1 rings (SSSR count). The minimum atomic E-state index is -1.26. The fraction of sp³-hybridized carbons (Fsp3) is 0.500. The zero-order chi connectivity index (χ0) is 16.9. The van der Waals surface area contributed by atoms with Crippen LogP contribution >= 0.6 is 0 Å². The van der Waals surface area contributed by atoms with Crippen molar-refractivity contribution in [2.45, 2.75) is 26.4 Å². The maximum absolute atomic E-state index is 13.0. The van der Waals surface area contributed by atoms with E-state index >= 15 is 0 Å². The molecule has 0 spiro atoms. The summed E-state index contributed by atoms with van der Waals surface area (Å²) in [5.41, 5.74) is -2.92. The number of carbonyl (C=O) groups is 2. The van der Waals surface area contributed by atoms with Crippen molar-refractivity contribution in [1.29, 1.82) is 0 Å². The average molecular weight is 316 g/mol. The van der Waals surface area contributed by atoms with Crippen LogP contribution in [0.4, 0.5) is 14.0 Å². The van der Waals surface area contributed by atoms with Crippen LogP contribution in [0.2, 0.25) is 0 Å². The smallest absolute Gasteiger partial charge is 0.407 e. The topological polar surface area (TPSA) is 122 Å². The van der Waals surface area contributed by atoms with Crippen LogP contribution in [0.5, 0.6) is 0 Å². The lowest BCUT2D eigenvalue weighted by molar-refractivity contribution is 0.0528. The molecule has 0 saturated heterocycles. The Hall–Kier alpha value is -2.65. The van der Waals surface area contributed by atoms with Gasteiger partial charge >= 0.3 is 17.8 Å². The summed E-state index contributed by atoms with van der Waals surface area (Å²) in [6.07, 6.45) is -0.174. The van der Waals surface area contributed by atoms with E-state index in [0.29, 0.717) is 10.8 Å². The molecule has 9 nitrogen and oxygen atoms in total. The van der Waals surface area contributed by atoms with Crippen LogP contribution in [0.25, 0.3) is 0 Å². The third-order valence-electron chi connectivity index (χ3n) is 2.19. The van der Waals surface area contributed by atoms with Gasteiger partial charge in [-0.05, 0) is 20.8 Å². The van der Waals surface area contributed by atoms with E-state index in [1.54, 1.807) is 25.8 Å². The van der Waals surface area contributed by atoms with Crippen LogP contribution in [0.15, 0.2) is 15.8 Å². The first kappa shape index (κ1) is 17.4. The molecule has 0 saturated carbocycles. The van der Waals surface area contributed by atoms with Crippen LogP contribution < -0.4 is 21.9 Å². The minimum Gasteiger partial charge on any atom is -0.444 e. The second kappa shape index (κ2) is 6.87. The van der Waals surface area contributed by atoms with Gasteiger partial charge in [-0.1, -0.05) is 0 Å². The van der Waals surface area contributed by atoms with Crippen molar-refractivity contribution in [1.82, 2.24) is 20.2 Å². The highest BCUT2D eigenvalue weighted by molar-refractivity contribution is 5.76. The average Bonchev–Trinajstić information content (AvgIpc) is 2.36. The Balaban J connectivity index is 2.48. The number of nitrogens with zero attached hydrogens (tertiary/aromatic N) is 1. The number of alkyl carbamates (subject to hydrolysis) is 1. The molecule has 122 valence electrons. The predicted molar refractivity (Wildman–Crippen MR) is 74.3 cm³/mol. The number of hydrogen-bond acceptors (Lipinski definition) is 5. The van der Waals surface area contributed by atoms with E-state index in [0.717, 1.165) is 0 Å². The Bertz CT molecular complexity index is 673. The van der Waals surface area contributed by atoms with Crippen LogP contribution in [0.1, 0.15) is 20.8 Å². The molecule has 0 unspecified atom stereocenters. The van der Waals surface area contributed by atoms with E-state index in [9.17, 15) is 23.6 Å². The molecular weight excluding hydrogens is 299 g/mol. The van der Waals surface area contributed by atoms with Crippen molar-refractivity contribution in [2.75, 3.05) is 13.1 Å². The number of carbonyl (C=O) groups excluding carboxylic acids is 2. The van der Waals surface area contributed by atoms with E-state index in [4.69, 9.17) is 4.74 Å². The summed E-state index contributed by atoms with van der Waals surface area (Å²) < 4.78 is 18.4. The first-order valence-electron chi connectivity index (χ1n) is 6.36. The molecule has 1 aromatic heterocycles. The summed E-state index contributed by atoms with van der Waals surface area (Å²) >= 11 is 0. The second-order valence-electron chi connectivity index (χ2n) is 5.27. The Labute approximate surface area is 124 Å². The summed E-state index contributed by atoms with van der Waals surface area (Å²) in [5.74, 6) is -1.26. The standard InChI is InChI=1S/C12H17FN4O5/c1-12(2,3)22-11(21)15-5-4-14-9(19)17-6-7(13)8(18)16-10(17)20/h6H,4-5H2,1-3H3,(H,14,19)(H,15,21)(H,16,18,20). The molecule has 0 aliphatic rings. The summed E-state index contributed by atoms with van der Waals surface area (Å²) in [6, 6.07) is -0.939. The van der Waals surface area contributed by atoms with Crippen molar-refractivity contribution >= 4 is 12.1 Å². The Morgan fingerprint density at radius 2 is 1.86 bits per heavy atom. The number of ether oxygens (including phenoxy) is 1. The number of nitrogens with one attached hydrogen (secondary N) is 3. The summed E-state index contributed by atoms with van der Waals surface area (Å²) in [6.45, 7) is 5.12. The third kappa shape index (κ3) is 5.38. The Morgan fingerprint density at radius 3 is 2.45 bits per heavy atom. The highest BCUT2D eigenvalue weighted by Gasteiger charge is 2.15. The molecule has 0 fully saturated rings. The quantitative estimate of drug-likeness (QED) is 0.664. The maximum Gasteiger partial charge on any atom is 0.407 e. The van der Waals surface area contributed by atoms with Gasteiger partial charge in [0, 0.05) is 13.1 Å². The first-order chi connectivity index (χ1) is 10.1. The van der Waals surface area contributed by atoms with Crippen LogP contribution in [0.3, 0.4) is 0 Å². The van der Waals surface area contributed by atoms with Crippen molar-refractivity contribution in [3.63, 3.8) is 0 Å². The van der Waals surface area contributed by atoms with E-state index in [2.05, 4.69) is 10.6 Å². The highest BCUT2D eigenvalue weighted by Crippen LogP contribution is 2.05. The van der Waals surface area contributed by atoms with E-state index < -0.39 is 34.8 Å². The van der Waals surface area contributed by atoms with E-state index in [1.807, 2.05) is 0 Å². The summed E-state index contributed by atoms with van der Waals surface area (Å²) in [5, 5.41) is 4.66. The van der Waals surface area contributed by atoms with Crippen molar-refractivity contribution < 1.29 is 18.7 Å². The number of rotatable bonds is 3. The lowest BCUT2D eigenvalue weighted by Gasteiger charge is -2.19. The fourth-order valence-corrected chi connectivity index (χ4v) is 1.33. The minimum absolute atomic E-state index is 0.0226. The molecule has 1 heterocycles. The van der Waals surface area contributed by atoms with E-state index in [1.165, 1.54) is 0 Å². The molecule has 0 radical (unpaired) electrons. The van der Waals surface area contributed by atoms with Crippen molar-refractivity contribution in [3.8, 4) is 0 Å². The normalized spacial score (nSPS) is 10.9. The largest absolute Gasteiger partial charge is 0.444 e. The maximum atomic E-state index is 13.0. The number of halogens is 1. The number of H-pyrrole nitrogens is 1. The monoisotopic (exact) mass is 316 g/mol.